The van der Waals surface area contributed by atoms with E-state index in [2.05, 4.69) is 5.32 Å². The standard InChI is InChI=1S/C22H19ClFNO3/c1-27-21-11-6-17(23)12-20(21)22(26)25-13-15-4-9-19(10-5-15)28-14-16-2-7-18(24)8-3-16/h2-12H,13-14H2,1H3,(H,25,26). The largest absolute Gasteiger partial charge is 0.496 e. The van der Waals surface area contributed by atoms with Crippen LogP contribution in [0, 0.1) is 5.82 Å². The molecule has 3 rings (SSSR count). The van der Waals surface area contributed by atoms with Crippen molar-refractivity contribution in [2.24, 2.45) is 0 Å². The lowest BCUT2D eigenvalue weighted by atomic mass is 10.1. The third kappa shape index (κ3) is 5.24. The van der Waals surface area contributed by atoms with Gasteiger partial charge in [-0.3, -0.25) is 4.79 Å². The molecule has 144 valence electrons. The van der Waals surface area contributed by atoms with Gasteiger partial charge in [-0.2, -0.15) is 0 Å². The zero-order valence-corrected chi connectivity index (χ0v) is 16.0. The minimum absolute atomic E-state index is 0.268. The summed E-state index contributed by atoms with van der Waals surface area (Å²) in [6.07, 6.45) is 0. The van der Waals surface area contributed by atoms with E-state index < -0.39 is 0 Å². The fraction of sp³-hybridized carbons (Fsp3) is 0.136. The van der Waals surface area contributed by atoms with Crippen molar-refractivity contribution >= 4 is 17.5 Å². The Balaban J connectivity index is 1.55. The average molecular weight is 400 g/mol. The third-order valence-corrected chi connectivity index (χ3v) is 4.34. The van der Waals surface area contributed by atoms with E-state index in [1.807, 2.05) is 24.3 Å². The third-order valence-electron chi connectivity index (χ3n) is 4.10. The SMILES string of the molecule is COc1ccc(Cl)cc1C(=O)NCc1ccc(OCc2ccc(F)cc2)cc1. The molecular formula is C22H19ClFNO3. The molecule has 0 heterocycles. The van der Waals surface area contributed by atoms with Crippen LogP contribution in [0.25, 0.3) is 0 Å². The molecule has 0 aliphatic rings. The van der Waals surface area contributed by atoms with Gasteiger partial charge >= 0.3 is 0 Å². The molecule has 3 aromatic rings. The van der Waals surface area contributed by atoms with E-state index in [1.54, 1.807) is 30.3 Å². The Morgan fingerprint density at radius 3 is 2.36 bits per heavy atom. The summed E-state index contributed by atoms with van der Waals surface area (Å²) in [6, 6.07) is 18.5. The molecule has 0 unspecified atom stereocenters. The highest BCUT2D eigenvalue weighted by Crippen LogP contribution is 2.22. The first-order valence-corrected chi connectivity index (χ1v) is 9.01. The van der Waals surface area contributed by atoms with E-state index in [9.17, 15) is 9.18 Å². The van der Waals surface area contributed by atoms with Gasteiger partial charge in [0.25, 0.3) is 5.91 Å². The van der Waals surface area contributed by atoms with E-state index in [1.165, 1.54) is 19.2 Å². The summed E-state index contributed by atoms with van der Waals surface area (Å²) in [5.41, 5.74) is 2.19. The number of halogens is 2. The highest BCUT2D eigenvalue weighted by molar-refractivity contribution is 6.31. The van der Waals surface area contributed by atoms with Crippen molar-refractivity contribution in [2.75, 3.05) is 7.11 Å². The summed E-state index contributed by atoms with van der Waals surface area (Å²) < 4.78 is 23.8. The molecule has 0 bridgehead atoms. The summed E-state index contributed by atoms with van der Waals surface area (Å²) in [7, 11) is 1.50. The van der Waals surface area contributed by atoms with Crippen molar-refractivity contribution < 1.29 is 18.7 Å². The van der Waals surface area contributed by atoms with E-state index in [0.29, 0.717) is 35.2 Å². The second kappa shape index (κ2) is 9.24. The molecule has 4 nitrogen and oxygen atoms in total. The van der Waals surface area contributed by atoms with Crippen LogP contribution >= 0.6 is 11.6 Å². The van der Waals surface area contributed by atoms with Gasteiger partial charge < -0.3 is 14.8 Å². The number of hydrogen-bond donors (Lipinski definition) is 1. The van der Waals surface area contributed by atoms with Gasteiger partial charge in [-0.25, -0.2) is 4.39 Å². The summed E-state index contributed by atoms with van der Waals surface area (Å²) in [5.74, 6) is 0.615. The molecule has 1 N–H and O–H groups in total. The van der Waals surface area contributed by atoms with Crippen LogP contribution in [0.4, 0.5) is 4.39 Å². The summed E-state index contributed by atoms with van der Waals surface area (Å²) in [5, 5.41) is 3.31. The number of amides is 1. The first-order chi connectivity index (χ1) is 13.5. The average Bonchev–Trinajstić information content (AvgIpc) is 2.72. The lowest BCUT2D eigenvalue weighted by Crippen LogP contribution is -2.23. The molecule has 0 saturated carbocycles. The van der Waals surface area contributed by atoms with Crippen LogP contribution < -0.4 is 14.8 Å². The Morgan fingerprint density at radius 2 is 1.68 bits per heavy atom. The van der Waals surface area contributed by atoms with Crippen molar-refractivity contribution in [3.8, 4) is 11.5 Å². The maximum Gasteiger partial charge on any atom is 0.255 e. The molecule has 0 aliphatic heterocycles. The predicted octanol–water partition coefficient (Wildman–Crippen LogP) is 5.00. The van der Waals surface area contributed by atoms with Crippen molar-refractivity contribution in [3.05, 3.63) is 94.3 Å². The highest BCUT2D eigenvalue weighted by Gasteiger charge is 2.12. The summed E-state index contributed by atoms with van der Waals surface area (Å²) >= 11 is 5.97. The van der Waals surface area contributed by atoms with Crippen molar-refractivity contribution in [3.63, 3.8) is 0 Å². The van der Waals surface area contributed by atoms with E-state index in [4.69, 9.17) is 21.1 Å². The zero-order chi connectivity index (χ0) is 19.9. The Bertz CT molecular complexity index is 943. The molecule has 0 spiro atoms. The molecule has 28 heavy (non-hydrogen) atoms. The molecule has 0 aliphatic carbocycles. The molecule has 6 heteroatoms. The number of carbonyl (C=O) groups excluding carboxylic acids is 1. The fourth-order valence-corrected chi connectivity index (χ4v) is 2.76. The van der Waals surface area contributed by atoms with Gasteiger partial charge in [0.15, 0.2) is 0 Å². The molecule has 0 saturated heterocycles. The van der Waals surface area contributed by atoms with Gasteiger partial charge in [-0.1, -0.05) is 35.9 Å². The quantitative estimate of drug-likeness (QED) is 0.608. The van der Waals surface area contributed by atoms with Crippen LogP contribution in [0.2, 0.25) is 5.02 Å². The Labute approximate surface area is 167 Å². The number of hydrogen-bond acceptors (Lipinski definition) is 3. The molecule has 0 aromatic heterocycles. The minimum atomic E-state index is -0.273. The zero-order valence-electron chi connectivity index (χ0n) is 15.2. The highest BCUT2D eigenvalue weighted by atomic mass is 35.5. The van der Waals surface area contributed by atoms with Gasteiger partial charge in [0.2, 0.25) is 0 Å². The predicted molar refractivity (Wildman–Crippen MR) is 106 cm³/mol. The van der Waals surface area contributed by atoms with Crippen LogP contribution in [0.15, 0.2) is 66.7 Å². The Morgan fingerprint density at radius 1 is 1.00 bits per heavy atom. The van der Waals surface area contributed by atoms with Crippen molar-refractivity contribution in [2.45, 2.75) is 13.2 Å². The second-order valence-electron chi connectivity index (χ2n) is 6.09. The summed E-state index contributed by atoms with van der Waals surface area (Å²) in [4.78, 5) is 12.4. The van der Waals surface area contributed by atoms with Gasteiger partial charge in [0.05, 0.1) is 12.7 Å². The van der Waals surface area contributed by atoms with Gasteiger partial charge in [-0.15, -0.1) is 0 Å². The first-order valence-electron chi connectivity index (χ1n) is 8.63. The molecule has 0 atom stereocenters. The minimum Gasteiger partial charge on any atom is -0.496 e. The topological polar surface area (TPSA) is 47.6 Å². The Kier molecular flexibility index (Phi) is 6.50. The molecule has 1 amide bonds. The lowest BCUT2D eigenvalue weighted by molar-refractivity contribution is 0.0948. The van der Waals surface area contributed by atoms with E-state index in [-0.39, 0.29) is 11.7 Å². The first kappa shape index (κ1) is 19.7. The molecular weight excluding hydrogens is 381 g/mol. The fourth-order valence-electron chi connectivity index (χ4n) is 2.59. The number of benzene rings is 3. The number of methoxy groups -OCH3 is 1. The van der Waals surface area contributed by atoms with Crippen molar-refractivity contribution in [1.29, 1.82) is 0 Å². The number of nitrogens with one attached hydrogen (secondary N) is 1. The smallest absolute Gasteiger partial charge is 0.255 e. The van der Waals surface area contributed by atoms with E-state index >= 15 is 0 Å². The number of carbonyl (C=O) groups is 1. The van der Waals surface area contributed by atoms with Gasteiger partial charge in [-0.05, 0) is 53.6 Å². The van der Waals surface area contributed by atoms with Crippen LogP contribution in [0.3, 0.4) is 0 Å². The molecule has 0 fully saturated rings. The number of ether oxygens (including phenoxy) is 2. The van der Waals surface area contributed by atoms with Crippen LogP contribution in [-0.4, -0.2) is 13.0 Å². The molecule has 0 radical (unpaired) electrons. The normalized spacial score (nSPS) is 10.4. The summed E-state index contributed by atoms with van der Waals surface area (Å²) in [6.45, 7) is 0.706. The maximum absolute atomic E-state index is 12.9. The van der Waals surface area contributed by atoms with Gasteiger partial charge in [0, 0.05) is 11.6 Å². The van der Waals surface area contributed by atoms with Gasteiger partial charge in [0.1, 0.15) is 23.9 Å². The van der Waals surface area contributed by atoms with E-state index in [0.717, 1.165) is 11.1 Å². The molecule has 3 aromatic carbocycles. The maximum atomic E-state index is 12.9. The monoisotopic (exact) mass is 399 g/mol. The second-order valence-corrected chi connectivity index (χ2v) is 6.52. The number of rotatable bonds is 7. The van der Waals surface area contributed by atoms with Crippen LogP contribution in [0.1, 0.15) is 21.5 Å². The van der Waals surface area contributed by atoms with Crippen LogP contribution in [-0.2, 0) is 13.2 Å². The van der Waals surface area contributed by atoms with Crippen LogP contribution in [0.5, 0.6) is 11.5 Å². The lowest BCUT2D eigenvalue weighted by Gasteiger charge is -2.11. The Hall–Kier alpha value is -3.05. The van der Waals surface area contributed by atoms with Crippen molar-refractivity contribution in [1.82, 2.24) is 5.32 Å².